The van der Waals surface area contributed by atoms with E-state index in [-0.39, 0.29) is 12.6 Å². The Labute approximate surface area is 196 Å². The second-order valence-corrected chi connectivity index (χ2v) is 8.20. The van der Waals surface area contributed by atoms with Crippen molar-refractivity contribution in [3.05, 3.63) is 72.1 Å². The Bertz CT molecular complexity index is 1160. The van der Waals surface area contributed by atoms with Gasteiger partial charge in [-0.25, -0.2) is 9.97 Å². The molecule has 1 aliphatic rings. The number of hydrogen-bond acceptors (Lipinski definition) is 4. The molecule has 0 saturated carbocycles. The number of piperidine rings is 1. The van der Waals surface area contributed by atoms with E-state index >= 15 is 0 Å². The molecule has 0 aliphatic carbocycles. The summed E-state index contributed by atoms with van der Waals surface area (Å²) >= 11 is 0. The zero-order chi connectivity index (χ0) is 25.2. The van der Waals surface area contributed by atoms with Crippen LogP contribution in [0.4, 0.5) is 37.8 Å². The van der Waals surface area contributed by atoms with Crippen molar-refractivity contribution in [3.8, 4) is 11.3 Å². The molecule has 2 heterocycles. The standard InChI is InChI=1S/C24H20F6N4O/c25-23(26,27)17-9-18(24(28,29)30)11-19(10-17)33-22(35)16-7-4-8-34(13-16)21-12-20(31-14-32-21)15-5-2-1-3-6-15/h1-3,5-6,9-12,14,16H,4,7-8,13H2,(H,33,35). The summed E-state index contributed by atoms with van der Waals surface area (Å²) in [5, 5.41) is 2.25. The van der Waals surface area contributed by atoms with Gasteiger partial charge in [0.05, 0.1) is 22.7 Å². The highest BCUT2D eigenvalue weighted by atomic mass is 19.4. The maximum absolute atomic E-state index is 13.1. The number of rotatable bonds is 4. The van der Waals surface area contributed by atoms with Crippen LogP contribution in [0.1, 0.15) is 24.0 Å². The van der Waals surface area contributed by atoms with E-state index < -0.39 is 41.0 Å². The van der Waals surface area contributed by atoms with E-state index in [0.717, 1.165) is 5.56 Å². The number of hydrogen-bond donors (Lipinski definition) is 1. The van der Waals surface area contributed by atoms with Gasteiger partial charge in [0.15, 0.2) is 0 Å². The van der Waals surface area contributed by atoms with Crippen molar-refractivity contribution in [1.29, 1.82) is 0 Å². The molecule has 1 atom stereocenters. The average molecular weight is 494 g/mol. The van der Waals surface area contributed by atoms with Crippen molar-refractivity contribution in [3.63, 3.8) is 0 Å². The lowest BCUT2D eigenvalue weighted by Crippen LogP contribution is -2.41. The van der Waals surface area contributed by atoms with Crippen molar-refractivity contribution in [2.75, 3.05) is 23.3 Å². The Morgan fingerprint density at radius 3 is 2.20 bits per heavy atom. The van der Waals surface area contributed by atoms with Gasteiger partial charge in [-0.3, -0.25) is 4.79 Å². The zero-order valence-corrected chi connectivity index (χ0v) is 18.2. The largest absolute Gasteiger partial charge is 0.416 e. The first-order chi connectivity index (χ1) is 16.5. The number of alkyl halides is 6. The lowest BCUT2D eigenvalue weighted by atomic mass is 9.96. The van der Waals surface area contributed by atoms with Crippen molar-refractivity contribution < 1.29 is 31.1 Å². The van der Waals surface area contributed by atoms with Crippen LogP contribution in [0.15, 0.2) is 60.9 Å². The summed E-state index contributed by atoms with van der Waals surface area (Å²) in [6, 6.07) is 12.2. The molecule has 0 radical (unpaired) electrons. The number of aromatic nitrogens is 2. The fourth-order valence-corrected chi connectivity index (χ4v) is 3.96. The zero-order valence-electron chi connectivity index (χ0n) is 18.2. The Hall–Kier alpha value is -3.63. The van der Waals surface area contributed by atoms with E-state index in [1.54, 1.807) is 6.07 Å². The van der Waals surface area contributed by atoms with Gasteiger partial charge in [-0.15, -0.1) is 0 Å². The predicted molar refractivity (Wildman–Crippen MR) is 117 cm³/mol. The van der Waals surface area contributed by atoms with Crippen molar-refractivity contribution in [2.24, 2.45) is 5.92 Å². The quantitative estimate of drug-likeness (QED) is 0.450. The van der Waals surface area contributed by atoms with Crippen LogP contribution < -0.4 is 10.2 Å². The topological polar surface area (TPSA) is 58.1 Å². The van der Waals surface area contributed by atoms with Gasteiger partial charge in [0.25, 0.3) is 0 Å². The third kappa shape index (κ3) is 5.90. The number of carbonyl (C=O) groups excluding carboxylic acids is 1. The van der Waals surface area contributed by atoms with Crippen LogP contribution in [-0.4, -0.2) is 29.0 Å². The number of nitrogens with one attached hydrogen (secondary N) is 1. The molecule has 4 rings (SSSR count). The van der Waals surface area contributed by atoms with Crippen molar-refractivity contribution in [2.45, 2.75) is 25.2 Å². The van der Waals surface area contributed by atoms with Gasteiger partial charge in [-0.05, 0) is 31.0 Å². The van der Waals surface area contributed by atoms with Crippen LogP contribution >= 0.6 is 0 Å². The number of benzene rings is 2. The Kier molecular flexibility index (Phi) is 6.68. The molecule has 3 aromatic rings. The Morgan fingerprint density at radius 1 is 0.914 bits per heavy atom. The highest BCUT2D eigenvalue weighted by molar-refractivity contribution is 5.93. The van der Waals surface area contributed by atoms with Crippen LogP contribution in [0.25, 0.3) is 11.3 Å². The molecular formula is C24H20F6N4O. The Morgan fingerprint density at radius 2 is 1.57 bits per heavy atom. The van der Waals surface area contributed by atoms with Gasteiger partial charge in [-0.2, -0.15) is 26.3 Å². The smallest absolute Gasteiger partial charge is 0.356 e. The summed E-state index contributed by atoms with van der Waals surface area (Å²) < 4.78 is 78.7. The second-order valence-electron chi connectivity index (χ2n) is 8.20. The minimum Gasteiger partial charge on any atom is -0.356 e. The first-order valence-electron chi connectivity index (χ1n) is 10.7. The third-order valence-electron chi connectivity index (χ3n) is 5.69. The molecule has 1 saturated heterocycles. The summed E-state index contributed by atoms with van der Waals surface area (Å²) in [5.74, 6) is -0.725. The maximum Gasteiger partial charge on any atom is 0.416 e. The van der Waals surface area contributed by atoms with Crippen LogP contribution in [0.3, 0.4) is 0 Å². The molecule has 1 unspecified atom stereocenters. The molecule has 2 aromatic carbocycles. The van der Waals surface area contributed by atoms with Crippen LogP contribution in [0.5, 0.6) is 0 Å². The lowest BCUT2D eigenvalue weighted by molar-refractivity contribution is -0.143. The highest BCUT2D eigenvalue weighted by Gasteiger charge is 2.37. The van der Waals surface area contributed by atoms with Gasteiger partial charge < -0.3 is 10.2 Å². The van der Waals surface area contributed by atoms with Gasteiger partial charge in [0, 0.05) is 30.4 Å². The van der Waals surface area contributed by atoms with Gasteiger partial charge >= 0.3 is 12.4 Å². The van der Waals surface area contributed by atoms with Gasteiger partial charge in [-0.1, -0.05) is 30.3 Å². The maximum atomic E-state index is 13.1. The van der Waals surface area contributed by atoms with Crippen molar-refractivity contribution in [1.82, 2.24) is 9.97 Å². The number of carbonyl (C=O) groups is 1. The summed E-state index contributed by atoms with van der Waals surface area (Å²) in [7, 11) is 0. The van der Waals surface area contributed by atoms with E-state index in [9.17, 15) is 31.1 Å². The minimum atomic E-state index is -4.99. The lowest BCUT2D eigenvalue weighted by Gasteiger charge is -2.33. The van der Waals surface area contributed by atoms with Crippen LogP contribution in [0.2, 0.25) is 0 Å². The van der Waals surface area contributed by atoms with E-state index in [4.69, 9.17) is 0 Å². The molecule has 0 bridgehead atoms. The Balaban J connectivity index is 1.52. The molecule has 11 heteroatoms. The fraction of sp³-hybridized carbons (Fsp3) is 0.292. The molecule has 1 aromatic heterocycles. The molecule has 1 N–H and O–H groups in total. The molecule has 1 amide bonds. The summed E-state index contributed by atoms with van der Waals surface area (Å²) in [4.78, 5) is 23.2. The van der Waals surface area contributed by atoms with Crippen molar-refractivity contribution >= 4 is 17.4 Å². The fourth-order valence-electron chi connectivity index (χ4n) is 3.96. The molecule has 35 heavy (non-hydrogen) atoms. The van der Waals surface area contributed by atoms with E-state index in [1.165, 1.54) is 6.33 Å². The number of amides is 1. The minimum absolute atomic E-state index is 0.0252. The third-order valence-corrected chi connectivity index (χ3v) is 5.69. The summed E-state index contributed by atoms with van der Waals surface area (Å²) in [6.45, 7) is 0.805. The van der Waals surface area contributed by atoms with E-state index in [0.29, 0.717) is 43.0 Å². The first kappa shape index (κ1) is 24.5. The molecule has 0 spiro atoms. The summed E-state index contributed by atoms with van der Waals surface area (Å²) in [6.07, 6.45) is -7.55. The normalized spacial score (nSPS) is 16.7. The summed E-state index contributed by atoms with van der Waals surface area (Å²) in [5.41, 5.74) is -1.95. The molecule has 1 aliphatic heterocycles. The predicted octanol–water partition coefficient (Wildman–Crippen LogP) is 6.04. The molecule has 1 fully saturated rings. The van der Waals surface area contributed by atoms with Crippen LogP contribution in [-0.2, 0) is 17.1 Å². The second kappa shape index (κ2) is 9.55. The molecule has 5 nitrogen and oxygen atoms in total. The van der Waals surface area contributed by atoms with E-state index in [1.807, 2.05) is 35.2 Å². The monoisotopic (exact) mass is 494 g/mol. The SMILES string of the molecule is O=C(Nc1cc(C(F)(F)F)cc(C(F)(F)F)c1)C1CCCN(c2cc(-c3ccccc3)ncn2)C1. The van der Waals surface area contributed by atoms with E-state index in [2.05, 4.69) is 15.3 Å². The first-order valence-corrected chi connectivity index (χ1v) is 10.7. The number of anilines is 2. The molecular weight excluding hydrogens is 474 g/mol. The van der Waals surface area contributed by atoms with Crippen LogP contribution in [0, 0.1) is 5.92 Å². The van der Waals surface area contributed by atoms with Gasteiger partial charge in [0.1, 0.15) is 12.1 Å². The van der Waals surface area contributed by atoms with Gasteiger partial charge in [0.2, 0.25) is 5.91 Å². The molecule has 184 valence electrons. The average Bonchev–Trinajstić information content (AvgIpc) is 2.83. The highest BCUT2D eigenvalue weighted by Crippen LogP contribution is 2.38. The number of nitrogens with zero attached hydrogens (tertiary/aromatic N) is 3. The number of halogens is 6.